The zero-order valence-electron chi connectivity index (χ0n) is 16.6. The van der Waals surface area contributed by atoms with E-state index in [1.165, 1.54) is 0 Å². The fraction of sp³-hybridized carbons (Fsp3) is 0.350. The standard InChI is InChI=1S/C20H27N2O5P/c1-5-25-18-12-16(11-15(4)20(18)23)19(28(24,26-6-2)27-7-3)14-22-17-9-8-10-21-13-17/h8-14,22-23H,5-7H2,1-4H3/b19-14+. The summed E-state index contributed by atoms with van der Waals surface area (Å²) in [5.74, 6) is 0.358. The average Bonchev–Trinajstić information content (AvgIpc) is 2.67. The third-order valence-corrected chi connectivity index (χ3v) is 5.96. The van der Waals surface area contributed by atoms with Crippen molar-refractivity contribution in [3.8, 4) is 11.5 Å². The summed E-state index contributed by atoms with van der Waals surface area (Å²) in [6, 6.07) is 6.98. The van der Waals surface area contributed by atoms with Crippen LogP contribution in [0.3, 0.4) is 0 Å². The molecule has 0 unspecified atom stereocenters. The maximum Gasteiger partial charge on any atom is 0.363 e. The highest BCUT2D eigenvalue weighted by atomic mass is 31.2. The first kappa shape index (κ1) is 22.0. The minimum atomic E-state index is -3.62. The number of pyridine rings is 1. The Hall–Kier alpha value is -2.34. The number of aromatic nitrogens is 1. The van der Waals surface area contributed by atoms with Gasteiger partial charge in [0.2, 0.25) is 0 Å². The number of hydrogen-bond acceptors (Lipinski definition) is 7. The number of ether oxygens (including phenoxy) is 1. The summed E-state index contributed by atoms with van der Waals surface area (Å²) in [5, 5.41) is 13.7. The predicted molar refractivity (Wildman–Crippen MR) is 111 cm³/mol. The molecule has 1 aromatic carbocycles. The van der Waals surface area contributed by atoms with Crippen molar-refractivity contribution in [2.45, 2.75) is 27.7 Å². The lowest BCUT2D eigenvalue weighted by molar-refractivity contribution is 0.230. The lowest BCUT2D eigenvalue weighted by atomic mass is 10.1. The van der Waals surface area contributed by atoms with Crippen molar-refractivity contribution in [1.29, 1.82) is 0 Å². The minimum absolute atomic E-state index is 0.0489. The number of phenols is 1. The maximum absolute atomic E-state index is 13.5. The van der Waals surface area contributed by atoms with Crippen molar-refractivity contribution in [2.24, 2.45) is 0 Å². The van der Waals surface area contributed by atoms with Crippen molar-refractivity contribution in [3.05, 3.63) is 54.0 Å². The van der Waals surface area contributed by atoms with Gasteiger partial charge in [-0.2, -0.15) is 0 Å². The summed E-state index contributed by atoms with van der Waals surface area (Å²) < 4.78 is 30.2. The lowest BCUT2D eigenvalue weighted by Gasteiger charge is -2.22. The fourth-order valence-electron chi connectivity index (χ4n) is 2.60. The molecule has 2 N–H and O–H groups in total. The topological polar surface area (TPSA) is 89.9 Å². The van der Waals surface area contributed by atoms with Gasteiger partial charge in [0.1, 0.15) is 0 Å². The Morgan fingerprint density at radius 3 is 2.50 bits per heavy atom. The molecule has 0 bridgehead atoms. The summed E-state index contributed by atoms with van der Waals surface area (Å²) in [7, 11) is -3.62. The van der Waals surface area contributed by atoms with Crippen LogP contribution in [0.25, 0.3) is 5.31 Å². The van der Waals surface area contributed by atoms with E-state index in [0.29, 0.717) is 28.8 Å². The van der Waals surface area contributed by atoms with Gasteiger partial charge in [-0.1, -0.05) is 0 Å². The van der Waals surface area contributed by atoms with Crippen LogP contribution in [-0.4, -0.2) is 29.9 Å². The van der Waals surface area contributed by atoms with Gasteiger partial charge < -0.3 is 24.2 Å². The summed E-state index contributed by atoms with van der Waals surface area (Å²) >= 11 is 0. The average molecular weight is 406 g/mol. The van der Waals surface area contributed by atoms with Crippen LogP contribution in [-0.2, 0) is 13.6 Å². The molecule has 28 heavy (non-hydrogen) atoms. The Morgan fingerprint density at radius 2 is 1.93 bits per heavy atom. The molecule has 0 aliphatic rings. The van der Waals surface area contributed by atoms with E-state index in [9.17, 15) is 9.67 Å². The zero-order chi connectivity index (χ0) is 20.6. The van der Waals surface area contributed by atoms with Gasteiger partial charge in [-0.25, -0.2) is 0 Å². The normalized spacial score (nSPS) is 12.1. The number of aromatic hydroxyl groups is 1. The second kappa shape index (κ2) is 10.3. The van der Waals surface area contributed by atoms with Crippen LogP contribution < -0.4 is 10.1 Å². The van der Waals surface area contributed by atoms with Gasteiger partial charge in [-0.05, 0) is 63.1 Å². The summed E-state index contributed by atoms with van der Waals surface area (Å²) in [5.41, 5.74) is 1.88. The highest BCUT2D eigenvalue weighted by molar-refractivity contribution is 7.65. The number of hydrogen-bond donors (Lipinski definition) is 2. The molecule has 7 nitrogen and oxygen atoms in total. The number of rotatable bonds is 10. The Morgan fingerprint density at radius 1 is 1.21 bits per heavy atom. The molecule has 8 heteroatoms. The summed E-state index contributed by atoms with van der Waals surface area (Å²) in [4.78, 5) is 4.06. The molecule has 0 aliphatic heterocycles. The van der Waals surface area contributed by atoms with Gasteiger partial charge in [0, 0.05) is 12.4 Å². The third-order valence-electron chi connectivity index (χ3n) is 3.79. The molecule has 0 amide bonds. The molecule has 0 radical (unpaired) electrons. The van der Waals surface area contributed by atoms with E-state index in [0.717, 1.165) is 5.69 Å². The van der Waals surface area contributed by atoms with Crippen LogP contribution in [0.1, 0.15) is 31.9 Å². The Balaban J connectivity index is 2.59. The molecule has 2 aromatic rings. The molecule has 2 rings (SSSR count). The van der Waals surface area contributed by atoms with Gasteiger partial charge in [0.25, 0.3) is 0 Å². The number of nitrogens with zero attached hydrogens (tertiary/aromatic N) is 1. The predicted octanol–water partition coefficient (Wildman–Crippen LogP) is 5.17. The molecule has 152 valence electrons. The van der Waals surface area contributed by atoms with Crippen LogP contribution in [0.15, 0.2) is 42.9 Å². The van der Waals surface area contributed by atoms with Gasteiger partial charge in [0.05, 0.1) is 37.0 Å². The highest BCUT2D eigenvalue weighted by Gasteiger charge is 2.32. The molecule has 0 saturated carbocycles. The van der Waals surface area contributed by atoms with Crippen molar-refractivity contribution < 1.29 is 23.5 Å². The first-order valence-electron chi connectivity index (χ1n) is 9.18. The number of phenolic OH excluding ortho intramolecular Hbond substituents is 1. The minimum Gasteiger partial charge on any atom is -0.504 e. The number of aryl methyl sites for hydroxylation is 1. The fourth-order valence-corrected chi connectivity index (χ4v) is 4.30. The van der Waals surface area contributed by atoms with Gasteiger partial charge in [-0.15, -0.1) is 0 Å². The van der Waals surface area contributed by atoms with Crippen LogP contribution in [0.5, 0.6) is 11.5 Å². The van der Waals surface area contributed by atoms with Gasteiger partial charge in [0.15, 0.2) is 11.5 Å². The smallest absolute Gasteiger partial charge is 0.363 e. The second-order valence-electron chi connectivity index (χ2n) is 5.82. The lowest BCUT2D eigenvalue weighted by Crippen LogP contribution is -2.02. The van der Waals surface area contributed by atoms with E-state index in [2.05, 4.69) is 10.3 Å². The van der Waals surface area contributed by atoms with E-state index in [-0.39, 0.29) is 19.0 Å². The molecular weight excluding hydrogens is 379 g/mol. The second-order valence-corrected chi connectivity index (χ2v) is 7.81. The van der Waals surface area contributed by atoms with E-state index < -0.39 is 7.60 Å². The molecule has 1 heterocycles. The largest absolute Gasteiger partial charge is 0.504 e. The van der Waals surface area contributed by atoms with E-state index in [1.54, 1.807) is 57.6 Å². The van der Waals surface area contributed by atoms with E-state index in [4.69, 9.17) is 13.8 Å². The number of nitrogens with one attached hydrogen (secondary N) is 1. The molecule has 1 aromatic heterocycles. The quantitative estimate of drug-likeness (QED) is 0.526. The third kappa shape index (κ3) is 5.35. The van der Waals surface area contributed by atoms with Crippen molar-refractivity contribution in [1.82, 2.24) is 4.98 Å². The molecule has 0 aliphatic carbocycles. The highest BCUT2D eigenvalue weighted by Crippen LogP contribution is 2.61. The molecular formula is C20H27N2O5P. The maximum atomic E-state index is 13.5. The van der Waals surface area contributed by atoms with Crippen molar-refractivity contribution in [3.63, 3.8) is 0 Å². The summed E-state index contributed by atoms with van der Waals surface area (Å²) in [6.45, 7) is 7.91. The van der Waals surface area contributed by atoms with Crippen molar-refractivity contribution >= 4 is 18.6 Å². The summed E-state index contributed by atoms with van der Waals surface area (Å²) in [6.07, 6.45) is 4.90. The number of anilines is 1. The molecule has 0 fully saturated rings. The Bertz CT molecular complexity index is 845. The molecule has 0 spiro atoms. The first-order chi connectivity index (χ1) is 13.4. The zero-order valence-corrected chi connectivity index (χ0v) is 17.5. The first-order valence-corrected chi connectivity index (χ1v) is 10.7. The van der Waals surface area contributed by atoms with Gasteiger partial charge >= 0.3 is 7.60 Å². The number of benzene rings is 1. The molecule has 0 atom stereocenters. The Labute approximate surface area is 165 Å². The van der Waals surface area contributed by atoms with Gasteiger partial charge in [-0.3, -0.25) is 9.55 Å². The monoisotopic (exact) mass is 406 g/mol. The Kier molecular flexibility index (Phi) is 8.05. The van der Waals surface area contributed by atoms with Crippen LogP contribution in [0.2, 0.25) is 0 Å². The van der Waals surface area contributed by atoms with Crippen LogP contribution >= 0.6 is 7.60 Å². The van der Waals surface area contributed by atoms with Crippen LogP contribution in [0.4, 0.5) is 5.69 Å². The van der Waals surface area contributed by atoms with Crippen LogP contribution in [0, 0.1) is 6.92 Å². The van der Waals surface area contributed by atoms with Crippen molar-refractivity contribution in [2.75, 3.05) is 25.1 Å². The van der Waals surface area contributed by atoms with E-state index in [1.807, 2.05) is 13.0 Å². The molecule has 0 saturated heterocycles. The SMILES string of the molecule is CCOc1cc(/C(=C\Nc2cccnc2)P(=O)(OCC)OCC)cc(C)c1O. The van der Waals surface area contributed by atoms with E-state index >= 15 is 0 Å².